The van der Waals surface area contributed by atoms with Crippen LogP contribution < -0.4 is 19.8 Å². The van der Waals surface area contributed by atoms with Crippen LogP contribution in [0, 0.1) is 5.92 Å². The normalized spacial score (nSPS) is 16.5. The van der Waals surface area contributed by atoms with Crippen molar-refractivity contribution in [1.82, 2.24) is 14.9 Å². The van der Waals surface area contributed by atoms with E-state index in [0.717, 1.165) is 41.4 Å². The van der Waals surface area contributed by atoms with Gasteiger partial charge in [0.1, 0.15) is 11.6 Å². The van der Waals surface area contributed by atoms with Crippen molar-refractivity contribution in [3.8, 4) is 17.2 Å². The third-order valence-electron chi connectivity index (χ3n) is 5.56. The smallest absolute Gasteiger partial charge is 0.254 e. The molecular formula is C21H27N3O4. The van der Waals surface area contributed by atoms with Crippen LogP contribution in [0.2, 0.25) is 0 Å². The molecule has 4 rings (SSSR count). The summed E-state index contributed by atoms with van der Waals surface area (Å²) in [6.07, 6.45) is 4.07. The Bertz CT molecular complexity index is 921. The summed E-state index contributed by atoms with van der Waals surface area (Å²) in [7, 11) is 4.89. The third-order valence-corrected chi connectivity index (χ3v) is 5.56. The maximum Gasteiger partial charge on any atom is 0.254 e. The van der Waals surface area contributed by atoms with Crippen LogP contribution in [0.4, 0.5) is 0 Å². The number of fused-ring (bicyclic) bond motifs is 1. The molecule has 7 heteroatoms. The minimum Gasteiger partial charge on any atom is -0.496 e. The van der Waals surface area contributed by atoms with Crippen LogP contribution in [-0.4, -0.2) is 42.7 Å². The van der Waals surface area contributed by atoms with Crippen LogP contribution in [0.3, 0.4) is 0 Å². The largest absolute Gasteiger partial charge is 0.496 e. The maximum absolute atomic E-state index is 12.4. The second kappa shape index (κ2) is 7.83. The maximum atomic E-state index is 12.4. The molecule has 1 aliphatic heterocycles. The monoisotopic (exact) mass is 385 g/mol. The number of hydrogen-bond acceptors (Lipinski definition) is 6. The summed E-state index contributed by atoms with van der Waals surface area (Å²) >= 11 is 0. The Morgan fingerprint density at radius 2 is 1.82 bits per heavy atom. The molecule has 1 saturated carbocycles. The Labute approximate surface area is 164 Å². The number of aromatic amines is 1. The number of H-pyrrole nitrogens is 1. The first-order chi connectivity index (χ1) is 13.6. The topological polar surface area (TPSA) is 76.7 Å². The summed E-state index contributed by atoms with van der Waals surface area (Å²) in [5.74, 6) is 3.60. The molecule has 2 aromatic rings. The van der Waals surface area contributed by atoms with E-state index in [0.29, 0.717) is 36.9 Å². The molecule has 0 radical (unpaired) electrons. The lowest BCUT2D eigenvalue weighted by Gasteiger charge is -2.28. The zero-order chi connectivity index (χ0) is 19.7. The fourth-order valence-corrected chi connectivity index (χ4v) is 3.83. The fourth-order valence-electron chi connectivity index (χ4n) is 3.83. The molecular weight excluding hydrogens is 358 g/mol. The van der Waals surface area contributed by atoms with Crippen LogP contribution in [0.5, 0.6) is 17.2 Å². The van der Waals surface area contributed by atoms with Gasteiger partial charge in [0.25, 0.3) is 5.56 Å². The van der Waals surface area contributed by atoms with Crippen LogP contribution in [-0.2, 0) is 25.9 Å². The molecule has 0 unspecified atom stereocenters. The number of benzene rings is 1. The predicted molar refractivity (Wildman–Crippen MR) is 105 cm³/mol. The van der Waals surface area contributed by atoms with Crippen LogP contribution in [0.25, 0.3) is 0 Å². The Kier molecular flexibility index (Phi) is 5.26. The van der Waals surface area contributed by atoms with Gasteiger partial charge in [0.2, 0.25) is 0 Å². The molecule has 0 atom stereocenters. The highest BCUT2D eigenvalue weighted by Crippen LogP contribution is 2.36. The van der Waals surface area contributed by atoms with E-state index >= 15 is 0 Å². The van der Waals surface area contributed by atoms with Crippen LogP contribution in [0.1, 0.15) is 35.5 Å². The zero-order valence-electron chi connectivity index (χ0n) is 16.7. The fraction of sp³-hybridized carbons (Fsp3) is 0.524. The number of methoxy groups -OCH3 is 3. The first-order valence-corrected chi connectivity index (χ1v) is 9.73. The summed E-state index contributed by atoms with van der Waals surface area (Å²) in [5, 5.41) is 0. The number of ether oxygens (including phenoxy) is 3. The van der Waals surface area contributed by atoms with Crippen molar-refractivity contribution < 1.29 is 14.2 Å². The molecule has 0 spiro atoms. The standard InChI is InChI=1S/C21H27N3O4/c1-26-17-10-19(28-3)18(27-2)9-14(17)11-24-7-6-15-16(12-24)22-20(23-21(15)25)8-13-4-5-13/h9-10,13H,4-8,11-12H2,1-3H3,(H,22,23,25). The molecule has 28 heavy (non-hydrogen) atoms. The molecule has 1 aliphatic carbocycles. The average Bonchev–Trinajstić information content (AvgIpc) is 3.51. The van der Waals surface area contributed by atoms with E-state index in [4.69, 9.17) is 19.2 Å². The van der Waals surface area contributed by atoms with Gasteiger partial charge in [-0.25, -0.2) is 4.98 Å². The van der Waals surface area contributed by atoms with Crippen LogP contribution in [0.15, 0.2) is 16.9 Å². The number of rotatable bonds is 7. The second-order valence-corrected chi connectivity index (χ2v) is 7.57. The molecule has 1 fully saturated rings. The second-order valence-electron chi connectivity index (χ2n) is 7.57. The van der Waals surface area contributed by atoms with Crippen molar-refractivity contribution >= 4 is 0 Å². The summed E-state index contributed by atoms with van der Waals surface area (Å²) < 4.78 is 16.4. The quantitative estimate of drug-likeness (QED) is 0.788. The zero-order valence-corrected chi connectivity index (χ0v) is 16.7. The molecule has 2 heterocycles. The van der Waals surface area contributed by atoms with E-state index in [2.05, 4.69) is 9.88 Å². The van der Waals surface area contributed by atoms with Gasteiger partial charge in [-0.3, -0.25) is 9.69 Å². The molecule has 7 nitrogen and oxygen atoms in total. The third kappa shape index (κ3) is 3.85. The number of aromatic nitrogens is 2. The van der Waals surface area contributed by atoms with Crippen molar-refractivity contribution in [1.29, 1.82) is 0 Å². The van der Waals surface area contributed by atoms with Crippen molar-refractivity contribution in [3.63, 3.8) is 0 Å². The van der Waals surface area contributed by atoms with E-state index in [1.54, 1.807) is 21.3 Å². The highest BCUT2D eigenvalue weighted by atomic mass is 16.5. The predicted octanol–water partition coefficient (Wildman–Crippen LogP) is 2.31. The number of nitrogens with zero attached hydrogens (tertiary/aromatic N) is 2. The van der Waals surface area contributed by atoms with Gasteiger partial charge in [0, 0.05) is 43.2 Å². The van der Waals surface area contributed by atoms with E-state index in [9.17, 15) is 4.79 Å². The summed E-state index contributed by atoms with van der Waals surface area (Å²) in [6.45, 7) is 2.15. The summed E-state index contributed by atoms with van der Waals surface area (Å²) in [5.41, 5.74) is 2.79. The molecule has 0 amide bonds. The van der Waals surface area contributed by atoms with Crippen molar-refractivity contribution in [2.24, 2.45) is 5.92 Å². The molecule has 1 aromatic carbocycles. The first kappa shape index (κ1) is 18.8. The molecule has 0 saturated heterocycles. The lowest BCUT2D eigenvalue weighted by Crippen LogP contribution is -2.35. The van der Waals surface area contributed by atoms with Gasteiger partial charge >= 0.3 is 0 Å². The SMILES string of the molecule is COc1cc(OC)c(OC)cc1CN1CCc2c(nc(CC3CC3)[nH]c2=O)C1. The van der Waals surface area contributed by atoms with Gasteiger partial charge in [0.05, 0.1) is 27.0 Å². The lowest BCUT2D eigenvalue weighted by atomic mass is 10.0. The molecule has 150 valence electrons. The van der Waals surface area contributed by atoms with E-state index < -0.39 is 0 Å². The number of nitrogens with one attached hydrogen (secondary N) is 1. The Balaban J connectivity index is 1.56. The minimum absolute atomic E-state index is 0.0315. The Hall–Kier alpha value is -2.54. The lowest BCUT2D eigenvalue weighted by molar-refractivity contribution is 0.235. The first-order valence-electron chi connectivity index (χ1n) is 9.73. The highest BCUT2D eigenvalue weighted by Gasteiger charge is 2.26. The van der Waals surface area contributed by atoms with E-state index in [1.165, 1.54) is 12.8 Å². The van der Waals surface area contributed by atoms with Crippen molar-refractivity contribution in [3.05, 3.63) is 45.1 Å². The molecule has 1 N–H and O–H groups in total. The highest BCUT2D eigenvalue weighted by molar-refractivity contribution is 5.50. The van der Waals surface area contributed by atoms with Gasteiger partial charge in [0.15, 0.2) is 11.5 Å². The summed E-state index contributed by atoms with van der Waals surface area (Å²) in [4.78, 5) is 22.5. The van der Waals surface area contributed by atoms with Gasteiger partial charge in [-0.05, 0) is 31.2 Å². The summed E-state index contributed by atoms with van der Waals surface area (Å²) in [6, 6.07) is 3.81. The van der Waals surface area contributed by atoms with Crippen molar-refractivity contribution in [2.75, 3.05) is 27.9 Å². The molecule has 2 aliphatic rings. The van der Waals surface area contributed by atoms with E-state index in [1.807, 2.05) is 12.1 Å². The average molecular weight is 385 g/mol. The molecule has 0 bridgehead atoms. The minimum atomic E-state index is 0.0315. The van der Waals surface area contributed by atoms with Crippen LogP contribution >= 0.6 is 0 Å². The van der Waals surface area contributed by atoms with Gasteiger partial charge in [-0.1, -0.05) is 0 Å². The van der Waals surface area contributed by atoms with Gasteiger partial charge in [-0.2, -0.15) is 0 Å². The molecule has 1 aromatic heterocycles. The van der Waals surface area contributed by atoms with E-state index in [-0.39, 0.29) is 5.56 Å². The van der Waals surface area contributed by atoms with Crippen molar-refractivity contribution in [2.45, 2.75) is 38.8 Å². The number of hydrogen-bond donors (Lipinski definition) is 1. The van der Waals surface area contributed by atoms with Gasteiger partial charge < -0.3 is 19.2 Å². The Morgan fingerprint density at radius 1 is 1.11 bits per heavy atom. The van der Waals surface area contributed by atoms with Gasteiger partial charge in [-0.15, -0.1) is 0 Å². The Morgan fingerprint density at radius 3 is 2.50 bits per heavy atom.